The summed E-state index contributed by atoms with van der Waals surface area (Å²) in [7, 11) is 0. The number of rotatable bonds is 2. The molecular weight excluding hydrogens is 306 g/mol. The van der Waals surface area contributed by atoms with E-state index in [-0.39, 0.29) is 5.75 Å². The summed E-state index contributed by atoms with van der Waals surface area (Å²) in [5.74, 6) is 0.121. The Morgan fingerprint density at radius 1 is 1.42 bits per heavy atom. The maximum Gasteiger partial charge on any atom is 0.153 e. The van der Waals surface area contributed by atoms with E-state index in [0.717, 1.165) is 4.47 Å². The average molecular weight is 310 g/mol. The highest BCUT2D eigenvalue weighted by molar-refractivity contribution is 9.11. The van der Waals surface area contributed by atoms with Crippen LogP contribution in [-0.2, 0) is 0 Å². The molecule has 12 heavy (non-hydrogen) atoms. The minimum atomic E-state index is 0.121. The topological polar surface area (TPSA) is 32.3 Å². The molecule has 0 aliphatic carbocycles. The Bertz CT molecular complexity index is 317. The molecule has 5 heteroatoms. The quantitative estimate of drug-likeness (QED) is 0.500. The van der Waals surface area contributed by atoms with Crippen molar-refractivity contribution in [1.29, 1.82) is 0 Å². The molecule has 0 saturated heterocycles. The third kappa shape index (κ3) is 2.18. The first-order valence-corrected chi connectivity index (χ1v) is 4.95. The Labute approximate surface area is 92.2 Å². The van der Waals surface area contributed by atoms with Crippen molar-refractivity contribution in [2.75, 3.05) is 5.32 Å². The first-order chi connectivity index (χ1) is 5.65. The average Bonchev–Trinajstić information content (AvgIpc) is 2.00. The predicted octanol–water partition coefficient (Wildman–Crippen LogP) is 3.16. The maximum atomic E-state index is 9.44. The van der Waals surface area contributed by atoms with Crippen LogP contribution >= 0.6 is 44.1 Å². The lowest BCUT2D eigenvalue weighted by molar-refractivity contribution is 0.474. The fourth-order valence-corrected chi connectivity index (χ4v) is 2.05. The molecule has 0 amide bonds. The number of hydrogen-bond acceptors (Lipinski definition) is 2. The van der Waals surface area contributed by atoms with Crippen molar-refractivity contribution in [3.05, 3.63) is 21.1 Å². The second-order valence-corrected chi connectivity index (χ2v) is 3.98. The molecule has 1 rings (SSSR count). The Morgan fingerprint density at radius 3 is 2.67 bits per heavy atom. The molecule has 0 saturated carbocycles. The van der Waals surface area contributed by atoms with Crippen molar-refractivity contribution < 1.29 is 5.11 Å². The van der Waals surface area contributed by atoms with Crippen molar-refractivity contribution in [3.8, 4) is 5.75 Å². The van der Waals surface area contributed by atoms with Gasteiger partial charge in [-0.1, -0.05) is 28.1 Å². The monoisotopic (exact) mass is 308 g/mol. The van der Waals surface area contributed by atoms with Crippen molar-refractivity contribution in [3.63, 3.8) is 0 Å². The number of thiocarbonyl (C=S) groups is 1. The van der Waals surface area contributed by atoms with Crippen LogP contribution < -0.4 is 5.32 Å². The first kappa shape index (κ1) is 9.95. The van der Waals surface area contributed by atoms with Gasteiger partial charge >= 0.3 is 0 Å². The fourth-order valence-electron chi connectivity index (χ4n) is 0.716. The Kier molecular flexibility index (Phi) is 3.49. The van der Waals surface area contributed by atoms with Crippen LogP contribution in [0.3, 0.4) is 0 Å². The molecule has 0 aliphatic heterocycles. The van der Waals surface area contributed by atoms with E-state index in [1.165, 1.54) is 0 Å². The molecule has 1 radical (unpaired) electrons. The molecule has 0 heterocycles. The fraction of sp³-hybridized carbons (Fsp3) is 0. The molecule has 0 atom stereocenters. The normalized spacial score (nSPS) is 9.50. The minimum absolute atomic E-state index is 0.121. The van der Waals surface area contributed by atoms with Gasteiger partial charge in [-0.05, 0) is 28.1 Å². The summed E-state index contributed by atoms with van der Waals surface area (Å²) < 4.78 is 1.45. The molecule has 0 bridgehead atoms. The molecule has 1 aromatic carbocycles. The number of benzene rings is 1. The Morgan fingerprint density at radius 2 is 2.08 bits per heavy atom. The van der Waals surface area contributed by atoms with Crippen LogP contribution in [0.2, 0.25) is 0 Å². The van der Waals surface area contributed by atoms with Gasteiger partial charge in [0.1, 0.15) is 5.49 Å². The van der Waals surface area contributed by atoms with Gasteiger partial charge < -0.3 is 10.4 Å². The summed E-state index contributed by atoms with van der Waals surface area (Å²) in [6.07, 6.45) is 0. The molecule has 2 N–H and O–H groups in total. The van der Waals surface area contributed by atoms with E-state index in [4.69, 9.17) is 0 Å². The van der Waals surface area contributed by atoms with Gasteiger partial charge in [-0.3, -0.25) is 0 Å². The van der Waals surface area contributed by atoms with Crippen molar-refractivity contribution in [2.24, 2.45) is 0 Å². The number of aromatic hydroxyl groups is 1. The molecule has 63 valence electrons. The van der Waals surface area contributed by atoms with Crippen molar-refractivity contribution in [2.45, 2.75) is 0 Å². The molecule has 0 unspecified atom stereocenters. The van der Waals surface area contributed by atoms with E-state index >= 15 is 0 Å². The van der Waals surface area contributed by atoms with E-state index < -0.39 is 0 Å². The highest BCUT2D eigenvalue weighted by Crippen LogP contribution is 2.34. The van der Waals surface area contributed by atoms with E-state index in [9.17, 15) is 5.11 Å². The van der Waals surface area contributed by atoms with Crippen LogP contribution in [0, 0.1) is 0 Å². The van der Waals surface area contributed by atoms with Gasteiger partial charge in [0.25, 0.3) is 0 Å². The Hall–Kier alpha value is -0.130. The number of anilines is 1. The highest BCUT2D eigenvalue weighted by Gasteiger charge is 2.05. The molecule has 2 nitrogen and oxygen atoms in total. The highest BCUT2D eigenvalue weighted by atomic mass is 79.9. The van der Waals surface area contributed by atoms with E-state index in [2.05, 4.69) is 54.9 Å². The molecule has 0 fully saturated rings. The zero-order valence-corrected chi connectivity index (χ0v) is 9.75. The Balaban J connectivity index is 3.17. The number of phenols is 1. The van der Waals surface area contributed by atoms with Crippen LogP contribution in [-0.4, -0.2) is 10.6 Å². The van der Waals surface area contributed by atoms with Gasteiger partial charge in [-0.25, -0.2) is 0 Å². The van der Waals surface area contributed by atoms with Crippen molar-refractivity contribution in [1.82, 2.24) is 0 Å². The summed E-state index contributed by atoms with van der Waals surface area (Å²) in [6, 6.07) is 3.45. The second kappa shape index (κ2) is 4.20. The van der Waals surface area contributed by atoms with E-state index in [0.29, 0.717) is 10.2 Å². The van der Waals surface area contributed by atoms with Crippen molar-refractivity contribution >= 4 is 55.3 Å². The summed E-state index contributed by atoms with van der Waals surface area (Å²) >= 11 is 10.9. The van der Waals surface area contributed by atoms with Gasteiger partial charge in [0.05, 0.1) is 10.2 Å². The van der Waals surface area contributed by atoms with Crippen LogP contribution in [0.5, 0.6) is 5.75 Å². The lowest BCUT2D eigenvalue weighted by atomic mass is 10.3. The number of halogens is 2. The molecule has 0 spiro atoms. The molecule has 0 aromatic heterocycles. The van der Waals surface area contributed by atoms with Crippen LogP contribution in [0.4, 0.5) is 5.69 Å². The first-order valence-electron chi connectivity index (χ1n) is 2.96. The standard InChI is InChI=1S/C7H4Br2NOS/c8-4-1-5(9)7(11)6(2-4)10-3-12/h1-2,11H,(H,10,12). The van der Waals surface area contributed by atoms with Crippen LogP contribution in [0.15, 0.2) is 21.1 Å². The maximum absolute atomic E-state index is 9.44. The summed E-state index contributed by atoms with van der Waals surface area (Å²) in [5.41, 5.74) is 2.83. The summed E-state index contributed by atoms with van der Waals surface area (Å²) in [4.78, 5) is 0. The minimum Gasteiger partial charge on any atom is -0.505 e. The molecular formula is C7H4Br2NOS. The summed E-state index contributed by atoms with van der Waals surface area (Å²) in [6.45, 7) is 0. The molecule has 1 aromatic rings. The van der Waals surface area contributed by atoms with Crippen LogP contribution in [0.1, 0.15) is 0 Å². The van der Waals surface area contributed by atoms with Gasteiger partial charge in [-0.2, -0.15) is 0 Å². The van der Waals surface area contributed by atoms with E-state index in [1.807, 2.05) is 0 Å². The SMILES string of the molecule is Oc1c(Br)cc(Br)cc1N[C]=S. The lowest BCUT2D eigenvalue weighted by Crippen LogP contribution is -1.92. The molecule has 0 aliphatic rings. The lowest BCUT2D eigenvalue weighted by Gasteiger charge is -2.05. The zero-order valence-electron chi connectivity index (χ0n) is 5.77. The largest absolute Gasteiger partial charge is 0.505 e. The third-order valence-corrected chi connectivity index (χ3v) is 2.38. The van der Waals surface area contributed by atoms with Gasteiger partial charge in [0.15, 0.2) is 5.75 Å². The number of phenolic OH excluding ortho intramolecular Hbond substituents is 1. The van der Waals surface area contributed by atoms with Crippen LogP contribution in [0.25, 0.3) is 0 Å². The number of nitrogens with one attached hydrogen (secondary N) is 1. The second-order valence-electron chi connectivity index (χ2n) is 2.01. The predicted molar refractivity (Wildman–Crippen MR) is 59.7 cm³/mol. The van der Waals surface area contributed by atoms with Gasteiger partial charge in [0.2, 0.25) is 0 Å². The third-order valence-electron chi connectivity index (χ3n) is 1.21. The van der Waals surface area contributed by atoms with Gasteiger partial charge in [-0.15, -0.1) is 0 Å². The van der Waals surface area contributed by atoms with E-state index in [1.54, 1.807) is 12.1 Å². The smallest absolute Gasteiger partial charge is 0.153 e. The summed E-state index contributed by atoms with van der Waals surface area (Å²) in [5, 5.41) is 12.0. The van der Waals surface area contributed by atoms with Gasteiger partial charge in [0, 0.05) is 4.47 Å². The number of hydrogen-bond donors (Lipinski definition) is 2. The zero-order chi connectivity index (χ0) is 9.14.